The van der Waals surface area contributed by atoms with E-state index in [4.69, 9.17) is 42.4 Å². The van der Waals surface area contributed by atoms with Crippen molar-refractivity contribution in [2.45, 2.75) is 38.0 Å². The highest BCUT2D eigenvalue weighted by Crippen LogP contribution is 2.42. The molecule has 4 heterocycles. The molecule has 15 heteroatoms. The van der Waals surface area contributed by atoms with Crippen molar-refractivity contribution in [2.75, 3.05) is 33.9 Å². The summed E-state index contributed by atoms with van der Waals surface area (Å²) in [6.45, 7) is 2.26. The van der Waals surface area contributed by atoms with Gasteiger partial charge in [0.15, 0.2) is 0 Å². The number of benzene rings is 2. The molecule has 0 radical (unpaired) electrons. The van der Waals surface area contributed by atoms with Crippen LogP contribution < -0.4 is 30.7 Å². The molecule has 0 aliphatic carbocycles. The average molecular weight is 694 g/mol. The van der Waals surface area contributed by atoms with Crippen LogP contribution >= 0.6 is 23.2 Å². The molecular formula is C33H34Cl2N8O5. The molecule has 2 saturated heterocycles. The fourth-order valence-electron chi connectivity index (χ4n) is 5.60. The molecule has 2 atom stereocenters. The molecule has 0 unspecified atom stereocenters. The van der Waals surface area contributed by atoms with Crippen LogP contribution in [0.1, 0.15) is 24.2 Å². The first-order chi connectivity index (χ1) is 23.3. The van der Waals surface area contributed by atoms with Gasteiger partial charge in [-0.05, 0) is 6.42 Å². The summed E-state index contributed by atoms with van der Waals surface area (Å²) in [7, 11) is 3.08. The van der Waals surface area contributed by atoms with E-state index >= 15 is 0 Å². The summed E-state index contributed by atoms with van der Waals surface area (Å²) in [5, 5.41) is 13.1. The maximum absolute atomic E-state index is 11.5. The number of cyclic esters (lactones) is 1. The zero-order chi connectivity index (χ0) is 33.6. The van der Waals surface area contributed by atoms with Gasteiger partial charge in [-0.25, -0.2) is 14.8 Å². The lowest BCUT2D eigenvalue weighted by Crippen LogP contribution is -2.36. The third-order valence-electron chi connectivity index (χ3n) is 8.04. The Labute approximate surface area is 287 Å². The van der Waals surface area contributed by atoms with Crippen molar-refractivity contribution in [1.29, 1.82) is 0 Å². The first-order valence-electron chi connectivity index (χ1n) is 15.4. The first-order valence-corrected chi connectivity index (χ1v) is 16.1. The number of nitrogens with one attached hydrogen (secondary N) is 4. The summed E-state index contributed by atoms with van der Waals surface area (Å²) in [5.74, 6) is 0.806. The highest BCUT2D eigenvalue weighted by atomic mass is 35.5. The van der Waals surface area contributed by atoms with Crippen molar-refractivity contribution in [2.24, 2.45) is 0 Å². The third-order valence-corrected chi connectivity index (χ3v) is 8.85. The fourth-order valence-corrected chi connectivity index (χ4v) is 6.24. The van der Waals surface area contributed by atoms with Gasteiger partial charge >= 0.3 is 6.09 Å². The third kappa shape index (κ3) is 7.44. The molecule has 250 valence electrons. The summed E-state index contributed by atoms with van der Waals surface area (Å²) in [6, 6.07) is 11.3. The van der Waals surface area contributed by atoms with Crippen LogP contribution in [0.5, 0.6) is 11.8 Å². The predicted octanol–water partition coefficient (Wildman–Crippen LogP) is 4.16. The SMILES string of the molecule is COc1nc(-c2cccc(-c3cccc(-c4cnc(CNC[C@@H]5COC(=O)N5)c(OC)n4)c3Cl)c2Cl)cnc1CNC[C@@H]1CCC(=O)N1. The molecule has 2 amide bonds. The zero-order valence-corrected chi connectivity index (χ0v) is 27.8. The van der Waals surface area contributed by atoms with E-state index in [9.17, 15) is 9.59 Å². The van der Waals surface area contributed by atoms with Gasteiger partial charge in [0.1, 0.15) is 18.0 Å². The summed E-state index contributed by atoms with van der Waals surface area (Å²) in [5.41, 5.74) is 5.04. The summed E-state index contributed by atoms with van der Waals surface area (Å²) in [4.78, 5) is 41.3. The van der Waals surface area contributed by atoms with Crippen LogP contribution in [0, 0.1) is 0 Å². The smallest absolute Gasteiger partial charge is 0.407 e. The minimum Gasteiger partial charge on any atom is -0.480 e. The van der Waals surface area contributed by atoms with Crippen molar-refractivity contribution in [3.8, 4) is 45.4 Å². The van der Waals surface area contributed by atoms with Crippen molar-refractivity contribution in [3.63, 3.8) is 0 Å². The zero-order valence-electron chi connectivity index (χ0n) is 26.3. The lowest BCUT2D eigenvalue weighted by molar-refractivity contribution is -0.119. The molecule has 6 rings (SSSR count). The van der Waals surface area contributed by atoms with Gasteiger partial charge in [-0.2, -0.15) is 0 Å². The number of ether oxygens (including phenoxy) is 3. The lowest BCUT2D eigenvalue weighted by atomic mass is 9.98. The molecular weight excluding hydrogens is 659 g/mol. The van der Waals surface area contributed by atoms with Gasteiger partial charge in [0.25, 0.3) is 0 Å². The summed E-state index contributed by atoms with van der Waals surface area (Å²) >= 11 is 14.0. The second-order valence-electron chi connectivity index (χ2n) is 11.3. The number of methoxy groups -OCH3 is 2. The number of aromatic nitrogens is 4. The molecule has 2 fully saturated rings. The molecule has 2 aliphatic heterocycles. The monoisotopic (exact) mass is 692 g/mol. The van der Waals surface area contributed by atoms with Crippen LogP contribution in [0.25, 0.3) is 33.6 Å². The largest absolute Gasteiger partial charge is 0.480 e. The molecule has 0 spiro atoms. The maximum atomic E-state index is 11.5. The second-order valence-corrected chi connectivity index (χ2v) is 12.0. The Hall–Kier alpha value is -4.56. The Morgan fingerprint density at radius 3 is 1.77 bits per heavy atom. The number of hydrogen-bond acceptors (Lipinski definition) is 11. The number of rotatable bonds is 13. The van der Waals surface area contributed by atoms with Gasteiger partial charge in [0.05, 0.1) is 54.1 Å². The van der Waals surface area contributed by atoms with E-state index in [1.165, 1.54) is 7.11 Å². The number of carbonyl (C=O) groups is 2. The minimum absolute atomic E-state index is 0.0769. The van der Waals surface area contributed by atoms with Gasteiger partial charge in [-0.1, -0.05) is 59.6 Å². The molecule has 4 aromatic rings. The van der Waals surface area contributed by atoms with Crippen LogP contribution in [0.4, 0.5) is 4.79 Å². The molecule has 0 saturated carbocycles. The van der Waals surface area contributed by atoms with Gasteiger partial charge in [0.2, 0.25) is 17.7 Å². The van der Waals surface area contributed by atoms with E-state index < -0.39 is 6.09 Å². The average Bonchev–Trinajstić information content (AvgIpc) is 3.72. The highest BCUT2D eigenvalue weighted by Gasteiger charge is 2.23. The van der Waals surface area contributed by atoms with E-state index in [1.54, 1.807) is 19.5 Å². The van der Waals surface area contributed by atoms with Crippen molar-refractivity contribution in [3.05, 3.63) is 70.2 Å². The lowest BCUT2D eigenvalue weighted by Gasteiger charge is -2.15. The Morgan fingerprint density at radius 1 is 0.792 bits per heavy atom. The molecule has 2 aliphatic rings. The fraction of sp³-hybridized carbons (Fsp3) is 0.333. The number of hydrogen-bond donors (Lipinski definition) is 4. The highest BCUT2D eigenvalue weighted by molar-refractivity contribution is 6.39. The number of nitrogens with zero attached hydrogens (tertiary/aromatic N) is 4. The number of carbonyl (C=O) groups excluding carboxylic acids is 2. The maximum Gasteiger partial charge on any atom is 0.407 e. The molecule has 2 aromatic heterocycles. The quantitative estimate of drug-likeness (QED) is 0.159. The minimum atomic E-state index is -0.420. The first kappa shape index (κ1) is 33.3. The molecule has 48 heavy (non-hydrogen) atoms. The van der Waals surface area contributed by atoms with E-state index in [0.29, 0.717) is 106 Å². The van der Waals surface area contributed by atoms with Gasteiger partial charge in [-0.3, -0.25) is 14.8 Å². The molecule has 13 nitrogen and oxygen atoms in total. The Kier molecular flexibility index (Phi) is 10.5. The van der Waals surface area contributed by atoms with Crippen molar-refractivity contribution >= 4 is 35.2 Å². The number of amides is 2. The Bertz CT molecular complexity index is 1700. The van der Waals surface area contributed by atoms with E-state index in [0.717, 1.165) is 6.42 Å². The molecule has 4 N–H and O–H groups in total. The van der Waals surface area contributed by atoms with Gasteiger partial charge in [-0.15, -0.1) is 0 Å². The van der Waals surface area contributed by atoms with Crippen molar-refractivity contribution < 1.29 is 23.8 Å². The number of alkyl carbamates (subject to hydrolysis) is 1. The van der Waals surface area contributed by atoms with E-state index in [2.05, 4.69) is 36.2 Å². The van der Waals surface area contributed by atoms with Crippen molar-refractivity contribution in [1.82, 2.24) is 41.2 Å². The topological polar surface area (TPSA) is 162 Å². The number of halogens is 2. The summed E-state index contributed by atoms with van der Waals surface area (Å²) < 4.78 is 16.0. The van der Waals surface area contributed by atoms with Crippen LogP contribution in [0.15, 0.2) is 48.8 Å². The normalized spacial score (nSPS) is 17.2. The second kappa shape index (κ2) is 15.1. The predicted molar refractivity (Wildman–Crippen MR) is 180 cm³/mol. The summed E-state index contributed by atoms with van der Waals surface area (Å²) in [6.07, 6.45) is 4.24. The van der Waals surface area contributed by atoms with Gasteiger partial charge in [0, 0.05) is 60.9 Å². The Balaban J connectivity index is 1.20. The standard InChI is InChI=1S/C33H34Cl2N8O5/c1-46-31-26(13-36-11-18-9-10-28(44)40-18)38-15-24(42-31)22-7-3-5-20(29(22)34)21-6-4-8-23(30(21)35)25-16-39-27(32(43-25)47-2)14-37-12-19-17-48-33(45)41-19/h3-8,15-16,18-19,36-37H,9-14,17H2,1-2H3,(H,40,44)(H,41,45)/t18-,19+/m0/s1. The van der Waals surface area contributed by atoms with Crippen LogP contribution in [0.2, 0.25) is 10.0 Å². The van der Waals surface area contributed by atoms with E-state index in [1.807, 2.05) is 36.4 Å². The van der Waals surface area contributed by atoms with Crippen LogP contribution in [-0.4, -0.2) is 77.9 Å². The van der Waals surface area contributed by atoms with Crippen LogP contribution in [-0.2, 0) is 22.6 Å². The van der Waals surface area contributed by atoms with Gasteiger partial charge < -0.3 is 35.5 Å². The van der Waals surface area contributed by atoms with E-state index in [-0.39, 0.29) is 18.0 Å². The Morgan fingerprint density at radius 2 is 1.31 bits per heavy atom. The van der Waals surface area contributed by atoms with Crippen LogP contribution in [0.3, 0.4) is 0 Å². The molecule has 0 bridgehead atoms. The molecule has 2 aromatic carbocycles.